The molecule has 106 valence electrons. The average Bonchev–Trinajstić information content (AvgIpc) is 2.98. The van der Waals surface area contributed by atoms with Crippen molar-refractivity contribution < 1.29 is 4.79 Å². The molecule has 0 spiro atoms. The van der Waals surface area contributed by atoms with Crippen LogP contribution in [-0.4, -0.2) is 23.9 Å². The number of rotatable bonds is 5. The van der Waals surface area contributed by atoms with Crippen molar-refractivity contribution >= 4 is 17.2 Å². The van der Waals surface area contributed by atoms with Crippen molar-refractivity contribution in [2.75, 3.05) is 7.05 Å². The summed E-state index contributed by atoms with van der Waals surface area (Å²) in [6.45, 7) is 2.05. The van der Waals surface area contributed by atoms with Crippen LogP contribution in [0.5, 0.6) is 0 Å². The maximum Gasteiger partial charge on any atom is 0.244 e. The zero-order valence-electron chi connectivity index (χ0n) is 11.8. The van der Waals surface area contributed by atoms with Crippen molar-refractivity contribution in [3.63, 3.8) is 0 Å². The maximum atomic E-state index is 12.4. The summed E-state index contributed by atoms with van der Waals surface area (Å²) in [7, 11) is 1.82. The molecule has 0 bridgehead atoms. The molecule has 2 unspecified atom stereocenters. The fourth-order valence-electron chi connectivity index (χ4n) is 2.10. The molecule has 1 amide bonds. The Morgan fingerprint density at radius 3 is 2.55 bits per heavy atom. The van der Waals surface area contributed by atoms with E-state index in [1.807, 2.05) is 43.4 Å². The second-order valence-electron chi connectivity index (χ2n) is 4.97. The topological polar surface area (TPSA) is 46.3 Å². The van der Waals surface area contributed by atoms with Crippen LogP contribution in [0.1, 0.15) is 23.4 Å². The number of hydrogen-bond donors (Lipinski definition) is 1. The van der Waals surface area contributed by atoms with Gasteiger partial charge >= 0.3 is 0 Å². The Kier molecular flexibility index (Phi) is 4.93. The van der Waals surface area contributed by atoms with Gasteiger partial charge in [-0.15, -0.1) is 11.3 Å². The Labute approximate surface area is 124 Å². The van der Waals surface area contributed by atoms with E-state index in [1.165, 1.54) is 4.88 Å². The molecule has 0 aliphatic rings. The van der Waals surface area contributed by atoms with E-state index in [1.54, 1.807) is 16.2 Å². The number of carbonyl (C=O) groups is 1. The normalized spacial score (nSPS) is 13.8. The first-order valence-electron chi connectivity index (χ1n) is 6.69. The Bertz CT molecular complexity index is 539. The number of thiophene rings is 1. The Morgan fingerprint density at radius 2 is 1.95 bits per heavy atom. The van der Waals surface area contributed by atoms with Gasteiger partial charge in [-0.2, -0.15) is 0 Å². The Balaban J connectivity index is 2.01. The number of likely N-dealkylation sites (N-methyl/N-ethyl adjacent to an activating group) is 1. The smallest absolute Gasteiger partial charge is 0.244 e. The van der Waals surface area contributed by atoms with Gasteiger partial charge < -0.3 is 10.6 Å². The fraction of sp³-hybridized carbons (Fsp3) is 0.312. The summed E-state index contributed by atoms with van der Waals surface area (Å²) < 4.78 is 0. The molecule has 20 heavy (non-hydrogen) atoms. The highest BCUT2D eigenvalue weighted by Crippen LogP contribution is 2.17. The van der Waals surface area contributed by atoms with Crippen molar-refractivity contribution in [1.82, 2.24) is 4.90 Å². The molecule has 3 nitrogen and oxygen atoms in total. The summed E-state index contributed by atoms with van der Waals surface area (Å²) in [5.74, 6) is -0.0414. The standard InChI is InChI=1S/C16H20N2OS/c1-12(11-14-9-6-10-20-14)18(2)16(19)15(17)13-7-4-3-5-8-13/h3-10,12,15H,11,17H2,1-2H3. The van der Waals surface area contributed by atoms with E-state index in [4.69, 9.17) is 5.73 Å². The first kappa shape index (κ1) is 14.8. The average molecular weight is 288 g/mol. The molecule has 0 fully saturated rings. The van der Waals surface area contributed by atoms with Crippen molar-refractivity contribution in [1.29, 1.82) is 0 Å². The molecule has 2 N–H and O–H groups in total. The molecule has 0 aliphatic carbocycles. The highest BCUT2D eigenvalue weighted by molar-refractivity contribution is 7.09. The lowest BCUT2D eigenvalue weighted by Crippen LogP contribution is -2.41. The Morgan fingerprint density at radius 1 is 1.25 bits per heavy atom. The van der Waals surface area contributed by atoms with E-state index in [0.29, 0.717) is 0 Å². The molecule has 0 aliphatic heterocycles. The van der Waals surface area contributed by atoms with Crippen LogP contribution in [0, 0.1) is 0 Å². The van der Waals surface area contributed by atoms with Crippen LogP contribution in [0.25, 0.3) is 0 Å². The zero-order valence-corrected chi connectivity index (χ0v) is 12.6. The second kappa shape index (κ2) is 6.68. The van der Waals surface area contributed by atoms with Gasteiger partial charge in [-0.25, -0.2) is 0 Å². The van der Waals surface area contributed by atoms with Crippen LogP contribution in [0.3, 0.4) is 0 Å². The molecule has 4 heteroatoms. The monoisotopic (exact) mass is 288 g/mol. The van der Waals surface area contributed by atoms with Gasteiger partial charge in [-0.1, -0.05) is 36.4 Å². The molecule has 0 saturated carbocycles. The molecule has 1 aromatic heterocycles. The van der Waals surface area contributed by atoms with Gasteiger partial charge in [0.25, 0.3) is 0 Å². The molecule has 2 rings (SSSR count). The van der Waals surface area contributed by atoms with Gasteiger partial charge in [0, 0.05) is 24.4 Å². The van der Waals surface area contributed by atoms with Crippen molar-refractivity contribution in [2.45, 2.75) is 25.4 Å². The minimum atomic E-state index is -0.591. The summed E-state index contributed by atoms with van der Waals surface area (Å²) in [5.41, 5.74) is 6.92. The van der Waals surface area contributed by atoms with E-state index in [-0.39, 0.29) is 11.9 Å². The van der Waals surface area contributed by atoms with E-state index < -0.39 is 6.04 Å². The summed E-state index contributed by atoms with van der Waals surface area (Å²) in [5, 5.41) is 2.06. The number of nitrogens with zero attached hydrogens (tertiary/aromatic N) is 1. The van der Waals surface area contributed by atoms with E-state index >= 15 is 0 Å². The van der Waals surface area contributed by atoms with Gasteiger partial charge in [0.05, 0.1) is 0 Å². The first-order valence-corrected chi connectivity index (χ1v) is 7.57. The third-order valence-electron chi connectivity index (χ3n) is 3.51. The fourth-order valence-corrected chi connectivity index (χ4v) is 2.92. The molecular weight excluding hydrogens is 268 g/mol. The van der Waals surface area contributed by atoms with E-state index in [9.17, 15) is 4.79 Å². The molecular formula is C16H20N2OS. The maximum absolute atomic E-state index is 12.4. The highest BCUT2D eigenvalue weighted by Gasteiger charge is 2.23. The van der Waals surface area contributed by atoms with Crippen molar-refractivity contribution in [2.24, 2.45) is 5.73 Å². The zero-order chi connectivity index (χ0) is 14.5. The third-order valence-corrected chi connectivity index (χ3v) is 4.41. The number of benzene rings is 1. The highest BCUT2D eigenvalue weighted by atomic mass is 32.1. The first-order chi connectivity index (χ1) is 9.59. The number of hydrogen-bond acceptors (Lipinski definition) is 3. The molecule has 1 heterocycles. The summed E-state index contributed by atoms with van der Waals surface area (Å²) in [6, 6.07) is 13.2. The predicted octanol–water partition coefficient (Wildman–Crippen LogP) is 2.84. The van der Waals surface area contributed by atoms with Crippen LogP contribution >= 0.6 is 11.3 Å². The summed E-state index contributed by atoms with van der Waals surface area (Å²) in [6.07, 6.45) is 0.863. The lowest BCUT2D eigenvalue weighted by atomic mass is 10.1. The predicted molar refractivity (Wildman–Crippen MR) is 83.6 cm³/mol. The van der Waals surface area contributed by atoms with Gasteiger partial charge in [0.1, 0.15) is 6.04 Å². The molecule has 2 aromatic rings. The van der Waals surface area contributed by atoms with Crippen LogP contribution in [-0.2, 0) is 11.2 Å². The molecule has 1 aromatic carbocycles. The molecule has 0 radical (unpaired) electrons. The van der Waals surface area contributed by atoms with E-state index in [0.717, 1.165) is 12.0 Å². The van der Waals surface area contributed by atoms with E-state index in [2.05, 4.69) is 18.4 Å². The van der Waals surface area contributed by atoms with Crippen molar-refractivity contribution in [3.05, 3.63) is 58.3 Å². The number of carbonyl (C=O) groups excluding carboxylic acids is 1. The summed E-state index contributed by atoms with van der Waals surface area (Å²) >= 11 is 1.72. The van der Waals surface area contributed by atoms with Crippen LogP contribution < -0.4 is 5.73 Å². The van der Waals surface area contributed by atoms with Crippen LogP contribution in [0.15, 0.2) is 47.8 Å². The summed E-state index contributed by atoms with van der Waals surface area (Å²) in [4.78, 5) is 15.4. The third kappa shape index (κ3) is 3.46. The minimum absolute atomic E-state index is 0.0414. The van der Waals surface area contributed by atoms with Gasteiger partial charge in [0.2, 0.25) is 5.91 Å². The largest absolute Gasteiger partial charge is 0.341 e. The SMILES string of the molecule is CC(Cc1cccs1)N(C)C(=O)C(N)c1ccccc1. The van der Waals surface area contributed by atoms with Gasteiger partial charge in [0.15, 0.2) is 0 Å². The number of nitrogens with two attached hydrogens (primary N) is 1. The van der Waals surface area contributed by atoms with Crippen LogP contribution in [0.4, 0.5) is 0 Å². The second-order valence-corrected chi connectivity index (χ2v) is 6.00. The lowest BCUT2D eigenvalue weighted by Gasteiger charge is -2.27. The molecule has 0 saturated heterocycles. The van der Waals surface area contributed by atoms with Gasteiger partial charge in [-0.3, -0.25) is 4.79 Å². The van der Waals surface area contributed by atoms with Crippen molar-refractivity contribution in [3.8, 4) is 0 Å². The quantitative estimate of drug-likeness (QED) is 0.919. The Hall–Kier alpha value is -1.65. The lowest BCUT2D eigenvalue weighted by molar-refractivity contribution is -0.133. The van der Waals surface area contributed by atoms with Crippen LogP contribution in [0.2, 0.25) is 0 Å². The molecule has 2 atom stereocenters. The van der Waals surface area contributed by atoms with Gasteiger partial charge in [-0.05, 0) is 23.9 Å². The number of amides is 1. The minimum Gasteiger partial charge on any atom is -0.341 e.